The van der Waals surface area contributed by atoms with Crippen LogP contribution in [0.1, 0.15) is 12.0 Å². The molecule has 0 bridgehead atoms. The summed E-state index contributed by atoms with van der Waals surface area (Å²) >= 11 is 11.8. The molecule has 0 N–H and O–H groups in total. The molecule has 30 heavy (non-hydrogen) atoms. The van der Waals surface area contributed by atoms with Gasteiger partial charge in [0.25, 0.3) is 5.91 Å². The van der Waals surface area contributed by atoms with Gasteiger partial charge in [-0.2, -0.15) is 0 Å². The first-order chi connectivity index (χ1) is 14.2. The van der Waals surface area contributed by atoms with Gasteiger partial charge < -0.3 is 9.64 Å². The number of halogens is 2. The molecule has 6 nitrogen and oxygen atoms in total. The van der Waals surface area contributed by atoms with E-state index in [1.165, 1.54) is 17.1 Å². The molecule has 1 aliphatic heterocycles. The monoisotopic (exact) mass is 467 g/mol. The predicted octanol–water partition coefficient (Wildman–Crippen LogP) is 3.77. The van der Waals surface area contributed by atoms with Gasteiger partial charge in [0.15, 0.2) is 16.4 Å². The molecule has 1 unspecified atom stereocenters. The summed E-state index contributed by atoms with van der Waals surface area (Å²) < 4.78 is 28.8. The van der Waals surface area contributed by atoms with Gasteiger partial charge >= 0.3 is 5.97 Å². The lowest BCUT2D eigenvalue weighted by molar-refractivity contribution is -0.143. The summed E-state index contributed by atoms with van der Waals surface area (Å²) in [5.74, 6) is -1.28. The Morgan fingerprint density at radius 3 is 2.47 bits per heavy atom. The largest absolute Gasteiger partial charge is 0.452 e. The van der Waals surface area contributed by atoms with Gasteiger partial charge in [-0.25, -0.2) is 13.2 Å². The Labute approximate surface area is 185 Å². The van der Waals surface area contributed by atoms with Crippen molar-refractivity contribution in [2.24, 2.45) is 0 Å². The minimum atomic E-state index is -3.19. The topological polar surface area (TPSA) is 80.8 Å². The van der Waals surface area contributed by atoms with Crippen molar-refractivity contribution in [2.75, 3.05) is 23.0 Å². The lowest BCUT2D eigenvalue weighted by Crippen LogP contribution is -2.43. The molecule has 9 heteroatoms. The van der Waals surface area contributed by atoms with E-state index in [9.17, 15) is 18.0 Å². The Morgan fingerprint density at radius 1 is 1.10 bits per heavy atom. The first-order valence-electron chi connectivity index (χ1n) is 9.12. The van der Waals surface area contributed by atoms with Gasteiger partial charge in [-0.1, -0.05) is 47.5 Å². The maximum atomic E-state index is 12.8. The second kappa shape index (κ2) is 9.64. The van der Waals surface area contributed by atoms with Crippen molar-refractivity contribution in [1.29, 1.82) is 0 Å². The number of nitrogens with zero attached hydrogens (tertiary/aromatic N) is 1. The summed E-state index contributed by atoms with van der Waals surface area (Å²) in [7, 11) is -3.19. The Bertz CT molecular complexity index is 1070. The number of benzene rings is 2. The molecule has 0 aromatic heterocycles. The van der Waals surface area contributed by atoms with Crippen LogP contribution in [-0.4, -0.2) is 44.4 Å². The maximum Gasteiger partial charge on any atom is 0.331 e. The number of hydrogen-bond acceptors (Lipinski definition) is 5. The molecule has 3 rings (SSSR count). The average Bonchev–Trinajstić information content (AvgIpc) is 3.07. The number of carbonyl (C=O) groups is 2. The SMILES string of the molecule is O=C(/C=C/c1ccc(Cl)c(Cl)c1)OCC(=O)N(c1ccccc1)C1CCS(=O)(=O)C1. The van der Waals surface area contributed by atoms with E-state index in [-0.39, 0.29) is 11.5 Å². The molecule has 1 fully saturated rings. The van der Waals surface area contributed by atoms with E-state index < -0.39 is 34.4 Å². The number of carbonyl (C=O) groups excluding carboxylic acids is 2. The van der Waals surface area contributed by atoms with Crippen molar-refractivity contribution in [3.8, 4) is 0 Å². The van der Waals surface area contributed by atoms with Gasteiger partial charge in [-0.15, -0.1) is 0 Å². The van der Waals surface area contributed by atoms with Crippen LogP contribution in [0.4, 0.5) is 5.69 Å². The molecule has 0 saturated carbocycles. The number of amides is 1. The maximum absolute atomic E-state index is 12.8. The minimum Gasteiger partial charge on any atom is -0.452 e. The zero-order valence-electron chi connectivity index (χ0n) is 15.8. The van der Waals surface area contributed by atoms with Crippen molar-refractivity contribution >= 4 is 56.7 Å². The van der Waals surface area contributed by atoms with Crippen LogP contribution < -0.4 is 4.90 Å². The van der Waals surface area contributed by atoms with Crippen molar-refractivity contribution in [1.82, 2.24) is 0 Å². The van der Waals surface area contributed by atoms with Crippen LogP contribution in [0.15, 0.2) is 54.6 Å². The van der Waals surface area contributed by atoms with Crippen LogP contribution in [0.25, 0.3) is 6.08 Å². The third kappa shape index (κ3) is 5.84. The lowest BCUT2D eigenvalue weighted by atomic mass is 10.2. The number of sulfone groups is 1. The fourth-order valence-corrected chi connectivity index (χ4v) is 5.16. The van der Waals surface area contributed by atoms with E-state index in [1.54, 1.807) is 48.5 Å². The van der Waals surface area contributed by atoms with Crippen molar-refractivity contribution in [3.63, 3.8) is 0 Å². The quantitative estimate of drug-likeness (QED) is 0.476. The molecule has 2 aromatic carbocycles. The third-order valence-electron chi connectivity index (χ3n) is 4.57. The Balaban J connectivity index is 1.66. The van der Waals surface area contributed by atoms with Crippen LogP contribution in [0.5, 0.6) is 0 Å². The van der Waals surface area contributed by atoms with Gasteiger partial charge in [-0.05, 0) is 42.3 Å². The molecular formula is C21H19Cl2NO5S. The molecule has 0 spiro atoms. The van der Waals surface area contributed by atoms with Crippen LogP contribution in [0.2, 0.25) is 10.0 Å². The first kappa shape index (κ1) is 22.3. The standard InChI is InChI=1S/C21H19Cl2NO5S/c22-18-8-6-15(12-19(18)23)7-9-21(26)29-13-20(25)24(16-4-2-1-3-5-16)17-10-11-30(27,28)14-17/h1-9,12,17H,10-11,13-14H2/b9-7+. The van der Waals surface area contributed by atoms with Crippen LogP contribution in [0, 0.1) is 0 Å². The van der Waals surface area contributed by atoms with E-state index >= 15 is 0 Å². The van der Waals surface area contributed by atoms with Gasteiger partial charge in [0, 0.05) is 11.8 Å². The zero-order valence-corrected chi connectivity index (χ0v) is 18.2. The van der Waals surface area contributed by atoms with Gasteiger partial charge in [0.05, 0.1) is 27.6 Å². The number of anilines is 1. The second-order valence-electron chi connectivity index (χ2n) is 6.77. The zero-order chi connectivity index (χ0) is 21.7. The summed E-state index contributed by atoms with van der Waals surface area (Å²) in [5.41, 5.74) is 1.21. The highest BCUT2D eigenvalue weighted by atomic mass is 35.5. The molecule has 2 aromatic rings. The Hall–Kier alpha value is -2.35. The summed E-state index contributed by atoms with van der Waals surface area (Å²) in [6.45, 7) is -0.504. The molecule has 0 aliphatic carbocycles. The van der Waals surface area contributed by atoms with Crippen molar-refractivity contribution in [2.45, 2.75) is 12.5 Å². The number of rotatable bonds is 6. The van der Waals surface area contributed by atoms with Crippen molar-refractivity contribution in [3.05, 3.63) is 70.2 Å². The fourth-order valence-electron chi connectivity index (χ4n) is 3.16. The molecule has 0 radical (unpaired) electrons. The van der Waals surface area contributed by atoms with E-state index in [1.807, 2.05) is 0 Å². The van der Waals surface area contributed by atoms with E-state index in [0.717, 1.165) is 0 Å². The van der Waals surface area contributed by atoms with Crippen LogP contribution >= 0.6 is 23.2 Å². The molecular weight excluding hydrogens is 449 g/mol. The van der Waals surface area contributed by atoms with Crippen LogP contribution in [-0.2, 0) is 24.2 Å². The summed E-state index contributed by atoms with van der Waals surface area (Å²) in [6.07, 6.45) is 3.02. The molecule has 1 amide bonds. The molecule has 1 heterocycles. The fraction of sp³-hybridized carbons (Fsp3) is 0.238. The summed E-state index contributed by atoms with van der Waals surface area (Å²) in [6, 6.07) is 13.1. The average molecular weight is 468 g/mol. The first-order valence-corrected chi connectivity index (χ1v) is 11.7. The van der Waals surface area contributed by atoms with Crippen LogP contribution in [0.3, 0.4) is 0 Å². The second-order valence-corrected chi connectivity index (χ2v) is 9.81. The van der Waals surface area contributed by atoms with E-state index in [2.05, 4.69) is 0 Å². The molecule has 158 valence electrons. The van der Waals surface area contributed by atoms with Gasteiger partial charge in [0.1, 0.15) is 0 Å². The Morgan fingerprint density at radius 2 is 1.83 bits per heavy atom. The number of para-hydroxylation sites is 1. The third-order valence-corrected chi connectivity index (χ3v) is 7.06. The predicted molar refractivity (Wildman–Crippen MR) is 117 cm³/mol. The minimum absolute atomic E-state index is 0.0282. The Kier molecular flexibility index (Phi) is 7.18. The highest BCUT2D eigenvalue weighted by Gasteiger charge is 2.35. The molecule has 1 aliphatic rings. The van der Waals surface area contributed by atoms with Crippen molar-refractivity contribution < 1.29 is 22.7 Å². The van der Waals surface area contributed by atoms with Gasteiger partial charge in [0.2, 0.25) is 0 Å². The lowest BCUT2D eigenvalue weighted by Gasteiger charge is -2.28. The molecule has 1 atom stereocenters. The van der Waals surface area contributed by atoms with E-state index in [4.69, 9.17) is 27.9 Å². The highest BCUT2D eigenvalue weighted by molar-refractivity contribution is 7.91. The summed E-state index contributed by atoms with van der Waals surface area (Å²) in [5, 5.41) is 0.754. The normalized spacial score (nSPS) is 17.7. The molecule has 1 saturated heterocycles. The number of esters is 1. The smallest absolute Gasteiger partial charge is 0.331 e. The van der Waals surface area contributed by atoms with E-state index in [0.29, 0.717) is 27.7 Å². The number of hydrogen-bond donors (Lipinski definition) is 0. The number of ether oxygens (including phenoxy) is 1. The summed E-state index contributed by atoms with van der Waals surface area (Å²) in [4.78, 5) is 26.2. The highest BCUT2D eigenvalue weighted by Crippen LogP contribution is 2.25. The van der Waals surface area contributed by atoms with Gasteiger partial charge in [-0.3, -0.25) is 4.79 Å².